The molecule has 0 aromatic heterocycles. The van der Waals surface area contributed by atoms with Crippen LogP contribution < -0.4 is 10.2 Å². The van der Waals surface area contributed by atoms with Crippen LogP contribution in [0.2, 0.25) is 0 Å². The summed E-state index contributed by atoms with van der Waals surface area (Å²) in [6.07, 6.45) is 1.43. The number of hydrogen-bond acceptors (Lipinski definition) is 3. The highest BCUT2D eigenvalue weighted by atomic mass is 16.5. The van der Waals surface area contributed by atoms with Gasteiger partial charge in [0.25, 0.3) is 0 Å². The number of rotatable bonds is 5. The van der Waals surface area contributed by atoms with E-state index in [2.05, 4.69) is 48.3 Å². The van der Waals surface area contributed by atoms with Crippen LogP contribution in [-0.2, 0) is 11.3 Å². The monoisotopic (exact) mass is 293 g/mol. The number of quaternary nitrogens is 1. The van der Waals surface area contributed by atoms with Gasteiger partial charge in [0.15, 0.2) is 0 Å². The van der Waals surface area contributed by atoms with E-state index in [0.29, 0.717) is 13.0 Å². The Bertz CT molecular complexity index is 456. The molecule has 0 amide bonds. The van der Waals surface area contributed by atoms with Gasteiger partial charge in [-0.25, -0.2) is 0 Å². The number of nitrogens with zero attached hydrogens (tertiary/aromatic N) is 1. The predicted molar refractivity (Wildman–Crippen MR) is 85.5 cm³/mol. The van der Waals surface area contributed by atoms with E-state index in [4.69, 9.17) is 4.74 Å². The lowest BCUT2D eigenvalue weighted by Crippen LogP contribution is -2.87. The first-order chi connectivity index (χ1) is 9.80. The molecular formula is C17H29N2O2+. The summed E-state index contributed by atoms with van der Waals surface area (Å²) in [7, 11) is 4.09. The van der Waals surface area contributed by atoms with Crippen molar-refractivity contribution in [1.82, 2.24) is 0 Å². The zero-order chi connectivity index (χ0) is 15.5. The molecular weight excluding hydrogens is 264 g/mol. The van der Waals surface area contributed by atoms with Crippen molar-refractivity contribution in [3.63, 3.8) is 0 Å². The fourth-order valence-electron chi connectivity index (χ4n) is 3.06. The summed E-state index contributed by atoms with van der Waals surface area (Å²) >= 11 is 0. The average molecular weight is 293 g/mol. The average Bonchev–Trinajstić information content (AvgIpc) is 2.37. The Morgan fingerprint density at radius 3 is 2.48 bits per heavy atom. The first-order valence-corrected chi connectivity index (χ1v) is 7.74. The molecule has 4 heteroatoms. The summed E-state index contributed by atoms with van der Waals surface area (Å²) in [5.74, 6) is 0. The summed E-state index contributed by atoms with van der Waals surface area (Å²) in [6, 6.07) is 8.58. The molecule has 0 unspecified atom stereocenters. The lowest BCUT2D eigenvalue weighted by atomic mass is 9.84. The number of hydrogen-bond donors (Lipinski definition) is 2. The zero-order valence-corrected chi connectivity index (χ0v) is 13.7. The molecule has 1 saturated heterocycles. The zero-order valence-electron chi connectivity index (χ0n) is 13.7. The van der Waals surface area contributed by atoms with Gasteiger partial charge in [-0.1, -0.05) is 12.1 Å². The Labute approximate surface area is 128 Å². The maximum atomic E-state index is 10.7. The minimum atomic E-state index is -0.606. The number of ether oxygens (including phenoxy) is 1. The van der Waals surface area contributed by atoms with Gasteiger partial charge in [-0.3, -0.25) is 0 Å². The van der Waals surface area contributed by atoms with Gasteiger partial charge in [-0.15, -0.1) is 0 Å². The highest BCUT2D eigenvalue weighted by molar-refractivity contribution is 5.45. The van der Waals surface area contributed by atoms with E-state index in [9.17, 15) is 5.11 Å². The second-order valence-electron chi connectivity index (χ2n) is 7.02. The van der Waals surface area contributed by atoms with Crippen molar-refractivity contribution < 1.29 is 15.2 Å². The summed E-state index contributed by atoms with van der Waals surface area (Å²) in [6.45, 7) is 6.38. The fourth-order valence-corrected chi connectivity index (χ4v) is 3.06. The van der Waals surface area contributed by atoms with Crippen LogP contribution in [0.5, 0.6) is 0 Å². The van der Waals surface area contributed by atoms with Crippen LogP contribution in [0.1, 0.15) is 32.3 Å². The molecule has 118 valence electrons. The van der Waals surface area contributed by atoms with Gasteiger partial charge in [-0.05, 0) is 26.0 Å². The molecule has 4 nitrogen and oxygen atoms in total. The molecule has 1 aromatic rings. The quantitative estimate of drug-likeness (QED) is 0.856. The van der Waals surface area contributed by atoms with Gasteiger partial charge >= 0.3 is 0 Å². The molecule has 0 bridgehead atoms. The van der Waals surface area contributed by atoms with Crippen molar-refractivity contribution in [1.29, 1.82) is 0 Å². The second-order valence-corrected chi connectivity index (χ2v) is 7.02. The molecule has 21 heavy (non-hydrogen) atoms. The third-order valence-electron chi connectivity index (χ3n) is 4.17. The molecule has 1 heterocycles. The molecule has 0 spiro atoms. The summed E-state index contributed by atoms with van der Waals surface area (Å²) in [4.78, 5) is 2.10. The molecule has 1 aliphatic heterocycles. The van der Waals surface area contributed by atoms with Crippen molar-refractivity contribution in [3.8, 4) is 0 Å². The van der Waals surface area contributed by atoms with Gasteiger partial charge in [0.2, 0.25) is 0 Å². The van der Waals surface area contributed by atoms with Gasteiger partial charge in [0.05, 0.1) is 12.2 Å². The minimum absolute atomic E-state index is 0.214. The van der Waals surface area contributed by atoms with E-state index in [-0.39, 0.29) is 5.60 Å². The van der Waals surface area contributed by atoms with Crippen LogP contribution >= 0.6 is 0 Å². The normalized spacial score (nSPS) is 24.8. The minimum Gasteiger partial charge on any atom is -0.384 e. The van der Waals surface area contributed by atoms with E-state index >= 15 is 0 Å². The van der Waals surface area contributed by atoms with Crippen molar-refractivity contribution >= 4 is 5.69 Å². The van der Waals surface area contributed by atoms with Crippen molar-refractivity contribution in [2.45, 2.75) is 44.4 Å². The van der Waals surface area contributed by atoms with Gasteiger partial charge in [0.1, 0.15) is 18.7 Å². The molecule has 1 aliphatic rings. The van der Waals surface area contributed by atoms with Crippen molar-refractivity contribution in [3.05, 3.63) is 29.8 Å². The van der Waals surface area contributed by atoms with E-state index < -0.39 is 5.60 Å². The Morgan fingerprint density at radius 1 is 1.24 bits per heavy atom. The van der Waals surface area contributed by atoms with Crippen LogP contribution in [-0.4, -0.2) is 43.6 Å². The van der Waals surface area contributed by atoms with Crippen molar-refractivity contribution in [2.24, 2.45) is 0 Å². The molecule has 1 fully saturated rings. The molecule has 0 radical (unpaired) electrons. The molecule has 2 rings (SSSR count). The predicted octanol–water partition coefficient (Wildman–Crippen LogP) is 1.14. The Morgan fingerprint density at radius 2 is 1.90 bits per heavy atom. The van der Waals surface area contributed by atoms with Crippen LogP contribution in [0.4, 0.5) is 5.69 Å². The largest absolute Gasteiger partial charge is 0.384 e. The Hall–Kier alpha value is -1.10. The van der Waals surface area contributed by atoms with Crippen LogP contribution in [0.25, 0.3) is 0 Å². The third kappa shape index (κ3) is 4.70. The number of benzene rings is 1. The van der Waals surface area contributed by atoms with Gasteiger partial charge in [-0.2, -0.15) is 0 Å². The van der Waals surface area contributed by atoms with Gasteiger partial charge < -0.3 is 20.1 Å². The highest BCUT2D eigenvalue weighted by Gasteiger charge is 2.40. The Kier molecular flexibility index (Phi) is 4.91. The first-order valence-electron chi connectivity index (χ1n) is 7.74. The van der Waals surface area contributed by atoms with E-state index in [0.717, 1.165) is 19.5 Å². The molecule has 1 aromatic carbocycles. The van der Waals surface area contributed by atoms with Crippen LogP contribution in [0.15, 0.2) is 24.3 Å². The summed E-state index contributed by atoms with van der Waals surface area (Å²) in [5, 5.41) is 12.9. The topological polar surface area (TPSA) is 49.3 Å². The third-order valence-corrected chi connectivity index (χ3v) is 4.17. The number of nitrogens with two attached hydrogens (primary N) is 1. The number of aliphatic hydroxyl groups is 1. The lowest BCUT2D eigenvalue weighted by Gasteiger charge is -2.40. The fraction of sp³-hybridized carbons (Fsp3) is 0.647. The van der Waals surface area contributed by atoms with E-state index in [1.165, 1.54) is 11.3 Å². The second kappa shape index (κ2) is 6.34. The van der Waals surface area contributed by atoms with Crippen molar-refractivity contribution in [2.75, 3.05) is 32.1 Å². The number of anilines is 1. The Balaban J connectivity index is 1.83. The van der Waals surface area contributed by atoms with Gasteiger partial charge in [0, 0.05) is 38.2 Å². The molecule has 3 N–H and O–H groups in total. The van der Waals surface area contributed by atoms with E-state index in [1.807, 2.05) is 14.1 Å². The maximum absolute atomic E-state index is 10.7. The van der Waals surface area contributed by atoms with E-state index in [1.54, 1.807) is 0 Å². The first kappa shape index (κ1) is 16.3. The van der Waals surface area contributed by atoms with Crippen LogP contribution in [0.3, 0.4) is 0 Å². The lowest BCUT2D eigenvalue weighted by molar-refractivity contribution is -0.683. The molecule has 0 saturated carbocycles. The standard InChI is InChI=1S/C17H28N2O2/c1-16(2)12-17(20,9-10-21-16)13-18-11-14-5-7-15(8-6-14)19(3)4/h5-8,18,20H,9-13H2,1-4H3/p+1/t17-/m0/s1. The molecule has 0 aliphatic carbocycles. The smallest absolute Gasteiger partial charge is 0.118 e. The maximum Gasteiger partial charge on any atom is 0.118 e. The highest BCUT2D eigenvalue weighted by Crippen LogP contribution is 2.30. The van der Waals surface area contributed by atoms with Crippen LogP contribution in [0, 0.1) is 0 Å². The summed E-state index contributed by atoms with van der Waals surface area (Å²) in [5.41, 5.74) is 1.68. The SMILES string of the molecule is CN(C)c1ccc(C[NH2+]C[C@]2(O)CCOC(C)(C)C2)cc1. The molecule has 1 atom stereocenters. The summed E-state index contributed by atoms with van der Waals surface area (Å²) < 4.78 is 5.68.